The Hall–Kier alpha value is -0.930. The molecule has 0 spiro atoms. The van der Waals surface area contributed by atoms with Gasteiger partial charge in [-0.05, 0) is 55.3 Å². The van der Waals surface area contributed by atoms with Gasteiger partial charge in [0, 0.05) is 24.6 Å². The maximum atomic E-state index is 5.76. The van der Waals surface area contributed by atoms with Crippen LogP contribution in [0.1, 0.15) is 55.7 Å². The second-order valence-corrected chi connectivity index (χ2v) is 7.02. The Morgan fingerprint density at radius 2 is 1.96 bits per heavy atom. The van der Waals surface area contributed by atoms with Crippen molar-refractivity contribution in [1.29, 1.82) is 0 Å². The Morgan fingerprint density at radius 1 is 1.17 bits per heavy atom. The Bertz CT molecular complexity index is 561. The molecule has 1 aromatic rings. The van der Waals surface area contributed by atoms with E-state index in [1.807, 2.05) is 0 Å². The lowest BCUT2D eigenvalue weighted by molar-refractivity contribution is 0.335. The van der Waals surface area contributed by atoms with E-state index in [2.05, 4.69) is 24.8 Å². The zero-order valence-corrected chi connectivity index (χ0v) is 16.4. The molecule has 0 bridgehead atoms. The largest absolute Gasteiger partial charge is 0.493 e. The van der Waals surface area contributed by atoms with Crippen molar-refractivity contribution in [3.8, 4) is 11.5 Å². The number of rotatable bonds is 6. The third kappa shape index (κ3) is 3.39. The molecule has 0 saturated carbocycles. The number of hydrogen-bond donors (Lipinski definition) is 0. The summed E-state index contributed by atoms with van der Waals surface area (Å²) in [4.78, 5) is 2.62. The molecule has 1 aromatic carbocycles. The smallest absolute Gasteiger partial charge is 0.164 e. The van der Waals surface area contributed by atoms with Crippen molar-refractivity contribution in [2.24, 2.45) is 5.92 Å². The van der Waals surface area contributed by atoms with E-state index < -0.39 is 0 Å². The summed E-state index contributed by atoms with van der Waals surface area (Å²) in [6, 6.07) is 2.25. The zero-order chi connectivity index (χ0) is 16.4. The van der Waals surface area contributed by atoms with Crippen molar-refractivity contribution in [2.75, 3.05) is 33.9 Å². The molecule has 2 atom stereocenters. The molecule has 2 aliphatic rings. The molecule has 3 nitrogen and oxygen atoms in total. The molecule has 1 aliphatic heterocycles. The van der Waals surface area contributed by atoms with Gasteiger partial charge in [-0.3, -0.25) is 0 Å². The van der Waals surface area contributed by atoms with Gasteiger partial charge < -0.3 is 14.4 Å². The quantitative estimate of drug-likeness (QED) is 0.754. The fraction of sp³-hybridized carbons (Fsp3) is 0.700. The summed E-state index contributed by atoms with van der Waals surface area (Å²) in [5, 5.41) is 0. The van der Waals surface area contributed by atoms with E-state index >= 15 is 0 Å². The van der Waals surface area contributed by atoms with E-state index in [0.717, 1.165) is 30.3 Å². The van der Waals surface area contributed by atoms with Crippen LogP contribution in [0.25, 0.3) is 0 Å². The molecule has 0 amide bonds. The summed E-state index contributed by atoms with van der Waals surface area (Å²) in [5.74, 6) is 3.41. The average molecular weight is 354 g/mol. The summed E-state index contributed by atoms with van der Waals surface area (Å²) in [7, 11) is 3.54. The van der Waals surface area contributed by atoms with Crippen molar-refractivity contribution >= 4 is 12.4 Å². The molecule has 0 radical (unpaired) electrons. The number of ether oxygens (including phenoxy) is 2. The van der Waals surface area contributed by atoms with Gasteiger partial charge in [-0.2, -0.15) is 0 Å². The molecular formula is C20H32ClNO2. The molecule has 3 rings (SSSR count). The van der Waals surface area contributed by atoms with Crippen LogP contribution < -0.4 is 9.47 Å². The fourth-order valence-corrected chi connectivity index (χ4v) is 4.59. The number of nitrogens with zero attached hydrogens (tertiary/aromatic N) is 1. The summed E-state index contributed by atoms with van der Waals surface area (Å²) in [5.41, 5.74) is 4.53. The number of likely N-dealkylation sites (N-methyl/N-ethyl adjacent to an activating group) is 1. The second-order valence-electron chi connectivity index (χ2n) is 7.02. The highest BCUT2D eigenvalue weighted by Gasteiger charge is 2.39. The maximum absolute atomic E-state index is 5.76. The minimum atomic E-state index is 0. The number of aryl methyl sites for hydroxylation is 1. The van der Waals surface area contributed by atoms with E-state index in [4.69, 9.17) is 9.47 Å². The summed E-state index contributed by atoms with van der Waals surface area (Å²) in [6.45, 7) is 8.19. The molecule has 1 aliphatic carbocycles. The van der Waals surface area contributed by atoms with Gasteiger partial charge >= 0.3 is 0 Å². The molecule has 2 unspecified atom stereocenters. The molecule has 0 N–H and O–H groups in total. The van der Waals surface area contributed by atoms with E-state index in [-0.39, 0.29) is 12.4 Å². The second kappa shape index (κ2) is 8.44. The highest BCUT2D eigenvalue weighted by molar-refractivity contribution is 5.85. The van der Waals surface area contributed by atoms with Crippen LogP contribution in [-0.4, -0.2) is 38.8 Å². The third-order valence-corrected chi connectivity index (χ3v) is 5.80. The van der Waals surface area contributed by atoms with Crippen molar-refractivity contribution in [3.63, 3.8) is 0 Å². The summed E-state index contributed by atoms with van der Waals surface area (Å²) < 4.78 is 11.4. The predicted octanol–water partition coefficient (Wildman–Crippen LogP) is 4.45. The van der Waals surface area contributed by atoms with E-state index in [1.54, 1.807) is 19.8 Å². The molecule has 24 heavy (non-hydrogen) atoms. The van der Waals surface area contributed by atoms with Crippen LogP contribution in [0.15, 0.2) is 6.07 Å². The lowest BCUT2D eigenvalue weighted by atomic mass is 9.74. The average Bonchev–Trinajstić information content (AvgIpc) is 3.02. The fourth-order valence-electron chi connectivity index (χ4n) is 4.59. The van der Waals surface area contributed by atoms with Crippen LogP contribution in [-0.2, 0) is 12.8 Å². The van der Waals surface area contributed by atoms with Crippen LogP contribution in [0.5, 0.6) is 11.5 Å². The molecule has 1 heterocycles. The zero-order valence-electron chi connectivity index (χ0n) is 15.6. The van der Waals surface area contributed by atoms with Crippen molar-refractivity contribution in [2.45, 2.75) is 51.9 Å². The lowest BCUT2D eigenvalue weighted by Crippen LogP contribution is -2.22. The van der Waals surface area contributed by atoms with Gasteiger partial charge in [0.05, 0.1) is 14.2 Å². The number of halogens is 1. The van der Waals surface area contributed by atoms with E-state index in [1.165, 1.54) is 50.0 Å². The monoisotopic (exact) mass is 353 g/mol. The highest BCUT2D eigenvalue weighted by Crippen LogP contribution is 2.49. The van der Waals surface area contributed by atoms with Crippen molar-refractivity contribution in [1.82, 2.24) is 4.90 Å². The molecule has 1 fully saturated rings. The first-order valence-corrected chi connectivity index (χ1v) is 9.22. The number of benzene rings is 1. The van der Waals surface area contributed by atoms with Crippen LogP contribution in [0.3, 0.4) is 0 Å². The summed E-state index contributed by atoms with van der Waals surface area (Å²) >= 11 is 0. The van der Waals surface area contributed by atoms with Crippen LogP contribution >= 0.6 is 12.4 Å². The number of unbranched alkanes of at least 4 members (excludes halogenated alkanes) is 1. The van der Waals surface area contributed by atoms with Crippen LogP contribution in [0.4, 0.5) is 0 Å². The Balaban J connectivity index is 0.00000208. The lowest BCUT2D eigenvalue weighted by Gasteiger charge is -2.32. The molecule has 0 aromatic heterocycles. The molecular weight excluding hydrogens is 322 g/mol. The van der Waals surface area contributed by atoms with Gasteiger partial charge in [-0.15, -0.1) is 12.4 Å². The first-order chi connectivity index (χ1) is 11.2. The SMILES string of the molecule is CCCCc1cc(OC)c(OC)c2c1C1CN(CC)CC1CC2.Cl. The van der Waals surface area contributed by atoms with Gasteiger partial charge in [0.2, 0.25) is 0 Å². The minimum Gasteiger partial charge on any atom is -0.493 e. The first kappa shape index (κ1) is 19.4. The standard InChI is InChI=1S/C20H31NO2.ClH/c1-5-7-8-14-11-18(22-3)20(23-4)16-10-9-15-12-21(6-2)13-17(15)19(14)16;/h11,15,17H,5-10,12-13H2,1-4H3;1H. The topological polar surface area (TPSA) is 21.7 Å². The number of fused-ring (bicyclic) bond motifs is 3. The molecule has 4 heteroatoms. The minimum absolute atomic E-state index is 0. The molecule has 136 valence electrons. The number of hydrogen-bond acceptors (Lipinski definition) is 3. The summed E-state index contributed by atoms with van der Waals surface area (Å²) in [6.07, 6.45) is 6.06. The van der Waals surface area contributed by atoms with Crippen molar-refractivity contribution in [3.05, 3.63) is 22.8 Å². The van der Waals surface area contributed by atoms with E-state index in [9.17, 15) is 0 Å². The predicted molar refractivity (Wildman–Crippen MR) is 102 cm³/mol. The van der Waals surface area contributed by atoms with Gasteiger partial charge in [0.1, 0.15) is 0 Å². The Labute approximate surface area is 153 Å². The number of methoxy groups -OCH3 is 2. The number of likely N-dealkylation sites (tertiary alicyclic amines) is 1. The Kier molecular flexibility index (Phi) is 6.82. The molecule has 1 saturated heterocycles. The maximum Gasteiger partial charge on any atom is 0.164 e. The first-order valence-electron chi connectivity index (χ1n) is 9.22. The highest BCUT2D eigenvalue weighted by atomic mass is 35.5. The van der Waals surface area contributed by atoms with Crippen molar-refractivity contribution < 1.29 is 9.47 Å². The van der Waals surface area contributed by atoms with Gasteiger partial charge in [-0.1, -0.05) is 20.3 Å². The van der Waals surface area contributed by atoms with Gasteiger partial charge in [-0.25, -0.2) is 0 Å². The Morgan fingerprint density at radius 3 is 2.58 bits per heavy atom. The van der Waals surface area contributed by atoms with Gasteiger partial charge in [0.25, 0.3) is 0 Å². The van der Waals surface area contributed by atoms with E-state index in [0.29, 0.717) is 5.92 Å². The van der Waals surface area contributed by atoms with Crippen LogP contribution in [0, 0.1) is 5.92 Å². The van der Waals surface area contributed by atoms with Crippen LogP contribution in [0.2, 0.25) is 0 Å². The normalized spacial score (nSPS) is 22.5. The third-order valence-electron chi connectivity index (χ3n) is 5.80. The van der Waals surface area contributed by atoms with Gasteiger partial charge in [0.15, 0.2) is 11.5 Å².